The summed E-state index contributed by atoms with van der Waals surface area (Å²) < 4.78 is 19.0. The number of morpholine rings is 1. The smallest absolute Gasteiger partial charge is 0.194 e. The maximum Gasteiger partial charge on any atom is 0.194 e. The van der Waals surface area contributed by atoms with Gasteiger partial charge in [-0.05, 0) is 35.9 Å². The predicted octanol–water partition coefficient (Wildman–Crippen LogP) is 2.60. The lowest BCUT2D eigenvalue weighted by Crippen LogP contribution is -2.36. The summed E-state index contributed by atoms with van der Waals surface area (Å²) in [6.07, 6.45) is 1.67. The molecule has 0 aliphatic carbocycles. The molecule has 0 spiro atoms. The Morgan fingerprint density at radius 3 is 2.80 bits per heavy atom. The first-order valence-electron chi connectivity index (χ1n) is 7.81. The monoisotopic (exact) mass is 457 g/mol. The number of aliphatic imine (C=N–C) groups is 1. The van der Waals surface area contributed by atoms with Crippen LogP contribution in [0.3, 0.4) is 0 Å². The van der Waals surface area contributed by atoms with Crippen molar-refractivity contribution in [3.05, 3.63) is 54.0 Å². The SMILES string of the molecule is I.NC(=NCc1cc(F)ccc1N1CCOCC1)Nc1ccccn1. The molecule has 2 heterocycles. The van der Waals surface area contributed by atoms with E-state index in [-0.39, 0.29) is 42.3 Å². The number of aromatic nitrogens is 1. The van der Waals surface area contributed by atoms with Crippen LogP contribution >= 0.6 is 24.0 Å². The van der Waals surface area contributed by atoms with Gasteiger partial charge < -0.3 is 20.7 Å². The van der Waals surface area contributed by atoms with Crippen molar-refractivity contribution in [2.45, 2.75) is 6.54 Å². The Labute approximate surface area is 163 Å². The van der Waals surface area contributed by atoms with E-state index in [0.717, 1.165) is 24.3 Å². The lowest BCUT2D eigenvalue weighted by molar-refractivity contribution is 0.122. The van der Waals surface area contributed by atoms with Gasteiger partial charge in [0.05, 0.1) is 19.8 Å². The Bertz CT molecular complexity index is 707. The van der Waals surface area contributed by atoms with Crippen LogP contribution in [0.15, 0.2) is 47.6 Å². The standard InChI is InChI=1S/C17H20FN5O.HI/c18-14-4-5-15(23-7-9-24-10-8-23)13(11-14)12-21-17(19)22-16-3-1-2-6-20-16;/h1-6,11H,7-10,12H2,(H3,19,20,21,22);1H. The molecular formula is C17H21FIN5O. The van der Waals surface area contributed by atoms with Gasteiger partial charge in [-0.3, -0.25) is 0 Å². The second-order valence-corrected chi connectivity index (χ2v) is 5.41. The lowest BCUT2D eigenvalue weighted by atomic mass is 10.1. The Kier molecular flexibility index (Phi) is 7.38. The summed E-state index contributed by atoms with van der Waals surface area (Å²) in [6.45, 7) is 3.19. The van der Waals surface area contributed by atoms with E-state index >= 15 is 0 Å². The lowest BCUT2D eigenvalue weighted by Gasteiger charge is -2.30. The summed E-state index contributed by atoms with van der Waals surface area (Å²) in [5, 5.41) is 2.92. The highest BCUT2D eigenvalue weighted by atomic mass is 127. The molecule has 0 amide bonds. The molecule has 1 aliphatic heterocycles. The molecule has 3 N–H and O–H groups in total. The Morgan fingerprint density at radius 2 is 2.08 bits per heavy atom. The third-order valence-electron chi connectivity index (χ3n) is 3.73. The molecule has 0 atom stereocenters. The van der Waals surface area contributed by atoms with E-state index in [9.17, 15) is 4.39 Å². The number of pyridine rings is 1. The van der Waals surface area contributed by atoms with Crippen molar-refractivity contribution in [3.8, 4) is 0 Å². The van der Waals surface area contributed by atoms with E-state index in [4.69, 9.17) is 10.5 Å². The average molecular weight is 457 g/mol. The van der Waals surface area contributed by atoms with Crippen molar-refractivity contribution >= 4 is 41.4 Å². The van der Waals surface area contributed by atoms with Crippen molar-refractivity contribution in [3.63, 3.8) is 0 Å². The fourth-order valence-corrected chi connectivity index (χ4v) is 2.57. The molecule has 0 unspecified atom stereocenters. The average Bonchev–Trinajstić information content (AvgIpc) is 2.62. The van der Waals surface area contributed by atoms with E-state index < -0.39 is 0 Å². The van der Waals surface area contributed by atoms with Gasteiger partial charge in [-0.2, -0.15) is 0 Å². The van der Waals surface area contributed by atoms with E-state index in [0.29, 0.717) is 19.0 Å². The number of benzene rings is 1. The van der Waals surface area contributed by atoms with Gasteiger partial charge in [0.25, 0.3) is 0 Å². The molecule has 1 aliphatic rings. The molecular weight excluding hydrogens is 436 g/mol. The van der Waals surface area contributed by atoms with Crippen LogP contribution in [0.2, 0.25) is 0 Å². The number of nitrogens with two attached hydrogens (primary N) is 1. The van der Waals surface area contributed by atoms with Crippen LogP contribution in [-0.4, -0.2) is 37.2 Å². The Morgan fingerprint density at radius 1 is 1.28 bits per heavy atom. The number of ether oxygens (including phenoxy) is 1. The molecule has 6 nitrogen and oxygen atoms in total. The van der Waals surface area contributed by atoms with Gasteiger partial charge in [0, 0.05) is 25.0 Å². The van der Waals surface area contributed by atoms with Gasteiger partial charge in [-0.25, -0.2) is 14.4 Å². The van der Waals surface area contributed by atoms with Crippen molar-refractivity contribution in [1.29, 1.82) is 0 Å². The van der Waals surface area contributed by atoms with E-state index in [1.54, 1.807) is 18.3 Å². The van der Waals surface area contributed by atoms with Crippen LogP contribution in [0.1, 0.15) is 5.56 Å². The van der Waals surface area contributed by atoms with Crippen LogP contribution in [0, 0.1) is 5.82 Å². The van der Waals surface area contributed by atoms with Crippen molar-refractivity contribution in [2.24, 2.45) is 10.7 Å². The van der Waals surface area contributed by atoms with Crippen molar-refractivity contribution < 1.29 is 9.13 Å². The van der Waals surface area contributed by atoms with Gasteiger partial charge in [0.15, 0.2) is 5.96 Å². The summed E-state index contributed by atoms with van der Waals surface area (Å²) in [4.78, 5) is 10.6. The summed E-state index contributed by atoms with van der Waals surface area (Å²) >= 11 is 0. The minimum absolute atomic E-state index is 0. The van der Waals surface area contributed by atoms with Gasteiger partial charge in [0.1, 0.15) is 11.6 Å². The highest BCUT2D eigenvalue weighted by Crippen LogP contribution is 2.23. The first-order chi connectivity index (χ1) is 11.7. The number of anilines is 2. The van der Waals surface area contributed by atoms with Gasteiger partial charge in [-0.1, -0.05) is 6.07 Å². The molecule has 1 aromatic heterocycles. The number of halogens is 2. The summed E-state index contributed by atoms with van der Waals surface area (Å²) in [5.41, 5.74) is 7.65. The maximum absolute atomic E-state index is 13.6. The second kappa shape index (κ2) is 9.52. The highest BCUT2D eigenvalue weighted by Gasteiger charge is 2.15. The molecule has 1 fully saturated rings. The van der Waals surface area contributed by atoms with Crippen LogP contribution in [-0.2, 0) is 11.3 Å². The molecule has 0 bridgehead atoms. The van der Waals surface area contributed by atoms with Crippen molar-refractivity contribution in [2.75, 3.05) is 36.5 Å². The third kappa shape index (κ3) is 5.53. The van der Waals surface area contributed by atoms with Gasteiger partial charge in [0.2, 0.25) is 0 Å². The summed E-state index contributed by atoms with van der Waals surface area (Å²) in [6, 6.07) is 10.2. The molecule has 134 valence electrons. The Hall–Kier alpha value is -1.94. The minimum atomic E-state index is -0.284. The van der Waals surface area contributed by atoms with Gasteiger partial charge >= 0.3 is 0 Å². The first kappa shape index (κ1) is 19.4. The molecule has 2 aromatic rings. The maximum atomic E-state index is 13.6. The zero-order valence-electron chi connectivity index (χ0n) is 13.7. The summed E-state index contributed by atoms with van der Waals surface area (Å²) in [5.74, 6) is 0.575. The molecule has 1 aromatic carbocycles. The number of nitrogens with zero attached hydrogens (tertiary/aromatic N) is 3. The number of hydrogen-bond acceptors (Lipinski definition) is 4. The van der Waals surface area contributed by atoms with Crippen LogP contribution in [0.5, 0.6) is 0 Å². The predicted molar refractivity (Wildman–Crippen MR) is 108 cm³/mol. The molecule has 1 saturated heterocycles. The molecule has 3 rings (SSSR count). The second-order valence-electron chi connectivity index (χ2n) is 5.41. The normalized spacial score (nSPS) is 14.8. The zero-order valence-corrected chi connectivity index (χ0v) is 16.0. The highest BCUT2D eigenvalue weighted by molar-refractivity contribution is 14.0. The first-order valence-corrected chi connectivity index (χ1v) is 7.81. The van der Waals surface area contributed by atoms with Gasteiger partial charge in [-0.15, -0.1) is 24.0 Å². The largest absolute Gasteiger partial charge is 0.378 e. The van der Waals surface area contributed by atoms with E-state index in [1.165, 1.54) is 12.1 Å². The van der Waals surface area contributed by atoms with Crippen LogP contribution in [0.4, 0.5) is 15.9 Å². The number of rotatable bonds is 4. The quantitative estimate of drug-likeness (QED) is 0.420. The molecule has 0 radical (unpaired) electrons. The number of hydrogen-bond donors (Lipinski definition) is 2. The van der Waals surface area contributed by atoms with E-state index in [1.807, 2.05) is 12.1 Å². The number of guanidine groups is 1. The van der Waals surface area contributed by atoms with E-state index in [2.05, 4.69) is 20.2 Å². The fraction of sp³-hybridized carbons (Fsp3) is 0.294. The molecule has 8 heteroatoms. The zero-order chi connectivity index (χ0) is 16.8. The van der Waals surface area contributed by atoms with Crippen LogP contribution in [0.25, 0.3) is 0 Å². The summed E-state index contributed by atoms with van der Waals surface area (Å²) in [7, 11) is 0. The van der Waals surface area contributed by atoms with Crippen LogP contribution < -0.4 is 16.0 Å². The third-order valence-corrected chi connectivity index (χ3v) is 3.73. The molecule has 25 heavy (non-hydrogen) atoms. The minimum Gasteiger partial charge on any atom is -0.378 e. The molecule has 0 saturated carbocycles. The number of nitrogens with one attached hydrogen (secondary N) is 1. The fourth-order valence-electron chi connectivity index (χ4n) is 2.57. The Balaban J connectivity index is 0.00000225. The topological polar surface area (TPSA) is 75.8 Å². The van der Waals surface area contributed by atoms with Crippen molar-refractivity contribution in [1.82, 2.24) is 4.98 Å².